The van der Waals surface area contributed by atoms with E-state index < -0.39 is 9.84 Å². The van der Waals surface area contributed by atoms with E-state index in [4.69, 9.17) is 34.8 Å². The molecule has 0 fully saturated rings. The minimum Gasteiger partial charge on any atom is -0.219 e. The third-order valence-corrected chi connectivity index (χ3v) is 5.51. The highest BCUT2D eigenvalue weighted by Gasteiger charge is 2.32. The highest BCUT2D eigenvalue weighted by molar-refractivity contribution is 7.96. The molecule has 0 spiro atoms. The number of hydrogen-bond donors (Lipinski definition) is 0. The normalized spacial score (nSPS) is 18.1. The van der Waals surface area contributed by atoms with E-state index in [1.165, 1.54) is 19.1 Å². The van der Waals surface area contributed by atoms with Crippen LogP contribution in [0.1, 0.15) is 12.5 Å². The topological polar surface area (TPSA) is 34.1 Å². The second-order valence-electron chi connectivity index (χ2n) is 3.14. The average molecular weight is 284 g/mol. The molecule has 0 saturated carbocycles. The van der Waals surface area contributed by atoms with Crippen LogP contribution < -0.4 is 0 Å². The fourth-order valence-corrected chi connectivity index (χ4v) is 3.70. The molecule has 0 aromatic heterocycles. The molecule has 0 aliphatic carbocycles. The zero-order chi connectivity index (χ0) is 11.4. The van der Waals surface area contributed by atoms with E-state index in [-0.39, 0.29) is 19.9 Å². The van der Waals surface area contributed by atoms with E-state index in [2.05, 4.69) is 0 Å². The minimum absolute atomic E-state index is 0.124. The molecule has 80 valence electrons. The highest BCUT2D eigenvalue weighted by atomic mass is 35.5. The minimum atomic E-state index is -3.47. The van der Waals surface area contributed by atoms with Gasteiger partial charge in [-0.3, -0.25) is 0 Å². The Balaban J connectivity index is 2.89. The van der Waals surface area contributed by atoms with Gasteiger partial charge in [-0.25, -0.2) is 8.42 Å². The van der Waals surface area contributed by atoms with Crippen molar-refractivity contribution in [2.45, 2.75) is 11.8 Å². The molecule has 1 aliphatic rings. The lowest BCUT2D eigenvalue weighted by Gasteiger charge is -2.02. The van der Waals surface area contributed by atoms with Crippen molar-refractivity contribution in [2.24, 2.45) is 0 Å². The maximum absolute atomic E-state index is 11.8. The number of allylic oxidation sites excluding steroid dienone is 1. The molecule has 0 amide bonds. The maximum atomic E-state index is 11.8. The Hall–Kier alpha value is -0.220. The molecule has 0 unspecified atom stereocenters. The van der Waals surface area contributed by atoms with Gasteiger partial charge < -0.3 is 0 Å². The summed E-state index contributed by atoms with van der Waals surface area (Å²) in [6.45, 7) is 1.46. The van der Waals surface area contributed by atoms with Crippen LogP contribution in [0.15, 0.2) is 21.9 Å². The Morgan fingerprint density at radius 2 is 1.60 bits per heavy atom. The molecule has 1 aromatic rings. The molecule has 0 radical (unpaired) electrons. The lowest BCUT2D eigenvalue weighted by molar-refractivity contribution is 0.603. The zero-order valence-corrected chi connectivity index (χ0v) is 10.6. The summed E-state index contributed by atoms with van der Waals surface area (Å²) < 4.78 is 23.6. The number of sulfone groups is 1. The molecule has 6 heteroatoms. The molecule has 15 heavy (non-hydrogen) atoms. The quantitative estimate of drug-likeness (QED) is 0.727. The van der Waals surface area contributed by atoms with Crippen LogP contribution >= 0.6 is 34.8 Å². The molecule has 0 saturated heterocycles. The largest absolute Gasteiger partial charge is 0.219 e. The van der Waals surface area contributed by atoms with Gasteiger partial charge in [0.1, 0.15) is 0 Å². The average Bonchev–Trinajstić information content (AvgIpc) is 2.32. The number of hydrogen-bond acceptors (Lipinski definition) is 2. The van der Waals surface area contributed by atoms with Gasteiger partial charge in [0.2, 0.25) is 9.84 Å². The van der Waals surface area contributed by atoms with Crippen molar-refractivity contribution in [1.29, 1.82) is 0 Å². The van der Waals surface area contributed by atoms with Gasteiger partial charge in [0.05, 0.1) is 24.9 Å². The Morgan fingerprint density at radius 3 is 2.20 bits per heavy atom. The Kier molecular flexibility index (Phi) is 2.54. The number of benzene rings is 1. The molecular formula is C9H5Cl3O2S. The van der Waals surface area contributed by atoms with Crippen LogP contribution in [0, 0.1) is 0 Å². The third-order valence-electron chi connectivity index (χ3n) is 2.26. The first-order valence-electron chi connectivity index (χ1n) is 3.96. The molecule has 1 heterocycles. The molecule has 0 bridgehead atoms. The van der Waals surface area contributed by atoms with Crippen molar-refractivity contribution in [3.05, 3.63) is 32.6 Å². The SMILES string of the molecule is CC1=C(Cl)c2cc(Cl)c(Cl)cc2S1(=O)=O. The van der Waals surface area contributed by atoms with Crippen LogP contribution in [-0.2, 0) is 9.84 Å². The van der Waals surface area contributed by atoms with Crippen molar-refractivity contribution in [2.75, 3.05) is 0 Å². The summed E-state index contributed by atoms with van der Waals surface area (Å²) in [6, 6.07) is 2.79. The van der Waals surface area contributed by atoms with E-state index in [9.17, 15) is 8.42 Å². The van der Waals surface area contributed by atoms with Crippen LogP contribution in [-0.4, -0.2) is 8.42 Å². The summed E-state index contributed by atoms with van der Waals surface area (Å²) in [6.07, 6.45) is 0. The lowest BCUT2D eigenvalue weighted by atomic mass is 10.2. The molecule has 2 rings (SSSR count). The van der Waals surface area contributed by atoms with Gasteiger partial charge in [-0.05, 0) is 19.1 Å². The van der Waals surface area contributed by atoms with Gasteiger partial charge in [0, 0.05) is 5.56 Å². The fourth-order valence-electron chi connectivity index (χ4n) is 1.39. The van der Waals surface area contributed by atoms with Gasteiger partial charge >= 0.3 is 0 Å². The Labute approximate surface area is 102 Å². The lowest BCUT2D eigenvalue weighted by Crippen LogP contribution is -1.97. The predicted molar refractivity (Wildman–Crippen MR) is 62.1 cm³/mol. The van der Waals surface area contributed by atoms with Gasteiger partial charge in [0.15, 0.2) is 0 Å². The molecule has 2 nitrogen and oxygen atoms in total. The van der Waals surface area contributed by atoms with Crippen molar-refractivity contribution in [3.63, 3.8) is 0 Å². The Bertz CT molecular complexity index is 588. The molecule has 0 atom stereocenters. The summed E-state index contributed by atoms with van der Waals surface area (Å²) in [5.41, 5.74) is 0.420. The van der Waals surface area contributed by atoms with Crippen LogP contribution in [0.5, 0.6) is 0 Å². The predicted octanol–water partition coefficient (Wildman–Crippen LogP) is 3.71. The summed E-state index contributed by atoms with van der Waals surface area (Å²) >= 11 is 17.4. The summed E-state index contributed by atoms with van der Waals surface area (Å²) in [7, 11) is -3.47. The van der Waals surface area contributed by atoms with E-state index in [1.807, 2.05) is 0 Å². The highest BCUT2D eigenvalue weighted by Crippen LogP contribution is 2.43. The maximum Gasteiger partial charge on any atom is 0.204 e. The van der Waals surface area contributed by atoms with E-state index in [0.29, 0.717) is 10.6 Å². The Morgan fingerprint density at radius 1 is 1.07 bits per heavy atom. The van der Waals surface area contributed by atoms with Gasteiger partial charge in [-0.15, -0.1) is 0 Å². The summed E-state index contributed by atoms with van der Waals surface area (Å²) in [4.78, 5) is 0.261. The number of halogens is 3. The third kappa shape index (κ3) is 1.49. The van der Waals surface area contributed by atoms with Gasteiger partial charge in [-0.1, -0.05) is 34.8 Å². The van der Waals surface area contributed by atoms with E-state index >= 15 is 0 Å². The van der Waals surface area contributed by atoms with E-state index in [0.717, 1.165) is 0 Å². The van der Waals surface area contributed by atoms with Gasteiger partial charge in [0.25, 0.3) is 0 Å². The van der Waals surface area contributed by atoms with Crippen LogP contribution in [0.2, 0.25) is 10.0 Å². The fraction of sp³-hybridized carbons (Fsp3) is 0.111. The first-order chi connectivity index (χ1) is 6.85. The first kappa shape index (κ1) is 11.3. The zero-order valence-electron chi connectivity index (χ0n) is 7.51. The second-order valence-corrected chi connectivity index (χ2v) is 6.39. The molecular weight excluding hydrogens is 279 g/mol. The smallest absolute Gasteiger partial charge is 0.204 e. The molecule has 1 aromatic carbocycles. The summed E-state index contributed by atoms with van der Waals surface area (Å²) in [5.74, 6) is 0. The monoisotopic (exact) mass is 282 g/mol. The van der Waals surface area contributed by atoms with Crippen LogP contribution in [0.25, 0.3) is 5.03 Å². The van der Waals surface area contributed by atoms with Crippen molar-refractivity contribution in [3.8, 4) is 0 Å². The van der Waals surface area contributed by atoms with Crippen molar-refractivity contribution >= 4 is 49.7 Å². The first-order valence-corrected chi connectivity index (χ1v) is 6.58. The van der Waals surface area contributed by atoms with Crippen LogP contribution in [0.4, 0.5) is 0 Å². The second kappa shape index (κ2) is 3.39. The van der Waals surface area contributed by atoms with Crippen LogP contribution in [0.3, 0.4) is 0 Å². The molecule has 1 aliphatic heterocycles. The standard InChI is InChI=1S/C9H5Cl3O2S/c1-4-9(12)5-2-6(10)7(11)3-8(5)15(4,13)14/h2-3H,1H3. The van der Waals surface area contributed by atoms with Gasteiger partial charge in [-0.2, -0.15) is 0 Å². The van der Waals surface area contributed by atoms with Crippen molar-refractivity contribution < 1.29 is 8.42 Å². The molecule has 0 N–H and O–H groups in total. The van der Waals surface area contributed by atoms with Crippen molar-refractivity contribution in [1.82, 2.24) is 0 Å². The number of rotatable bonds is 0. The number of fused-ring (bicyclic) bond motifs is 1. The summed E-state index contributed by atoms with van der Waals surface area (Å²) in [5, 5.41) is 0.709. The van der Waals surface area contributed by atoms with E-state index in [1.54, 1.807) is 0 Å².